The number of aliphatic hydroxyl groups is 1. The molecule has 3 rings (SSSR count). The molecule has 1 aromatic heterocycles. The molecule has 8 heteroatoms. The summed E-state index contributed by atoms with van der Waals surface area (Å²) in [7, 11) is 0. The van der Waals surface area contributed by atoms with E-state index in [0.29, 0.717) is 25.2 Å². The van der Waals surface area contributed by atoms with Crippen molar-refractivity contribution < 1.29 is 18.3 Å². The first-order valence-corrected chi connectivity index (χ1v) is 8.91. The van der Waals surface area contributed by atoms with E-state index >= 15 is 0 Å². The molecule has 1 N–H and O–H groups in total. The summed E-state index contributed by atoms with van der Waals surface area (Å²) < 4.78 is 38.5. The fourth-order valence-corrected chi connectivity index (χ4v) is 3.57. The number of benzene rings is 1. The summed E-state index contributed by atoms with van der Waals surface area (Å²) in [4.78, 5) is 11.4. The standard InChI is InChI=1S/C16H18F3N3OS/c1-24-11-4-5-13-12(7-11)15(21-9-20-13)22-6-2-3-10(8-22)14(23)16(17,18)19/h4-5,7,9-10,14,23H,2-3,6,8H2,1H3. The number of hydrogen-bond donors (Lipinski definition) is 1. The summed E-state index contributed by atoms with van der Waals surface area (Å²) >= 11 is 1.58. The summed E-state index contributed by atoms with van der Waals surface area (Å²) in [5.74, 6) is -0.206. The first-order valence-electron chi connectivity index (χ1n) is 7.68. The van der Waals surface area contributed by atoms with Crippen LogP contribution in [-0.4, -0.2) is 46.7 Å². The normalized spacial score (nSPS) is 20.4. The second-order valence-corrected chi connectivity index (χ2v) is 6.79. The molecule has 24 heavy (non-hydrogen) atoms. The highest BCUT2D eigenvalue weighted by Crippen LogP contribution is 2.34. The van der Waals surface area contributed by atoms with Gasteiger partial charge in [0.2, 0.25) is 0 Å². The lowest BCUT2D eigenvalue weighted by Crippen LogP contribution is -2.46. The van der Waals surface area contributed by atoms with Crippen LogP contribution in [0.15, 0.2) is 29.4 Å². The molecule has 1 aliphatic rings. The molecule has 0 amide bonds. The Morgan fingerprint density at radius 2 is 2.12 bits per heavy atom. The second kappa shape index (κ2) is 6.76. The third-order valence-electron chi connectivity index (χ3n) is 4.36. The van der Waals surface area contributed by atoms with E-state index < -0.39 is 18.2 Å². The van der Waals surface area contributed by atoms with E-state index in [1.165, 1.54) is 6.33 Å². The van der Waals surface area contributed by atoms with Crippen molar-refractivity contribution in [1.29, 1.82) is 0 Å². The maximum atomic E-state index is 12.8. The quantitative estimate of drug-likeness (QED) is 0.852. The lowest BCUT2D eigenvalue weighted by atomic mass is 9.92. The topological polar surface area (TPSA) is 49.2 Å². The number of rotatable bonds is 3. The van der Waals surface area contributed by atoms with Gasteiger partial charge in [0, 0.05) is 29.3 Å². The number of aliphatic hydroxyl groups excluding tert-OH is 1. The lowest BCUT2D eigenvalue weighted by molar-refractivity contribution is -0.219. The Balaban J connectivity index is 1.92. The Morgan fingerprint density at radius 3 is 2.83 bits per heavy atom. The van der Waals surface area contributed by atoms with Gasteiger partial charge < -0.3 is 10.0 Å². The van der Waals surface area contributed by atoms with E-state index in [4.69, 9.17) is 0 Å². The largest absolute Gasteiger partial charge is 0.414 e. The van der Waals surface area contributed by atoms with Crippen molar-refractivity contribution in [3.05, 3.63) is 24.5 Å². The van der Waals surface area contributed by atoms with E-state index in [1.807, 2.05) is 29.4 Å². The summed E-state index contributed by atoms with van der Waals surface area (Å²) in [5.41, 5.74) is 0.760. The monoisotopic (exact) mass is 357 g/mol. The van der Waals surface area contributed by atoms with E-state index in [0.717, 1.165) is 15.8 Å². The predicted octanol–water partition coefficient (Wildman–Crippen LogP) is 3.49. The van der Waals surface area contributed by atoms with Crippen LogP contribution in [0.2, 0.25) is 0 Å². The Bertz CT molecular complexity index is 725. The third kappa shape index (κ3) is 3.44. The number of fused-ring (bicyclic) bond motifs is 1. The predicted molar refractivity (Wildman–Crippen MR) is 88.3 cm³/mol. The van der Waals surface area contributed by atoms with E-state index in [2.05, 4.69) is 9.97 Å². The first-order chi connectivity index (χ1) is 11.4. The highest BCUT2D eigenvalue weighted by molar-refractivity contribution is 7.98. The minimum atomic E-state index is -4.59. The number of anilines is 1. The van der Waals surface area contributed by atoms with Crippen LogP contribution >= 0.6 is 11.8 Å². The average Bonchev–Trinajstić information content (AvgIpc) is 2.59. The zero-order valence-electron chi connectivity index (χ0n) is 13.1. The molecule has 2 unspecified atom stereocenters. The number of piperidine rings is 1. The van der Waals surface area contributed by atoms with Crippen molar-refractivity contribution in [2.45, 2.75) is 30.0 Å². The van der Waals surface area contributed by atoms with Crippen LogP contribution in [0, 0.1) is 5.92 Å². The van der Waals surface area contributed by atoms with Gasteiger partial charge in [0.05, 0.1) is 5.52 Å². The lowest BCUT2D eigenvalue weighted by Gasteiger charge is -2.36. The highest BCUT2D eigenvalue weighted by Gasteiger charge is 2.44. The molecule has 1 saturated heterocycles. The van der Waals surface area contributed by atoms with Crippen molar-refractivity contribution >= 4 is 28.5 Å². The minimum absolute atomic E-state index is 0.135. The van der Waals surface area contributed by atoms with Crippen LogP contribution in [-0.2, 0) is 0 Å². The zero-order valence-corrected chi connectivity index (χ0v) is 13.9. The van der Waals surface area contributed by atoms with Crippen molar-refractivity contribution in [3.63, 3.8) is 0 Å². The van der Waals surface area contributed by atoms with E-state index in [-0.39, 0.29) is 6.54 Å². The maximum Gasteiger partial charge on any atom is 0.414 e. The number of nitrogens with zero attached hydrogens (tertiary/aromatic N) is 3. The molecule has 1 aliphatic heterocycles. The summed E-state index contributed by atoms with van der Waals surface area (Å²) in [6, 6.07) is 5.80. The number of alkyl halides is 3. The van der Waals surface area contributed by atoms with Gasteiger partial charge in [-0.25, -0.2) is 9.97 Å². The molecule has 4 nitrogen and oxygen atoms in total. The molecule has 2 atom stereocenters. The van der Waals surface area contributed by atoms with Crippen LogP contribution in [0.3, 0.4) is 0 Å². The molecule has 0 spiro atoms. The molecule has 0 radical (unpaired) electrons. The molecule has 130 valence electrons. The highest BCUT2D eigenvalue weighted by atomic mass is 32.2. The van der Waals surface area contributed by atoms with Crippen LogP contribution in [0.5, 0.6) is 0 Å². The third-order valence-corrected chi connectivity index (χ3v) is 5.09. The van der Waals surface area contributed by atoms with E-state index in [9.17, 15) is 18.3 Å². The number of thioether (sulfide) groups is 1. The summed E-state index contributed by atoms with van der Waals surface area (Å²) in [6.45, 7) is 0.757. The molecule has 2 heterocycles. The van der Waals surface area contributed by atoms with Crippen LogP contribution in [0.1, 0.15) is 12.8 Å². The van der Waals surface area contributed by atoms with Crippen LogP contribution in [0.25, 0.3) is 10.9 Å². The van der Waals surface area contributed by atoms with E-state index in [1.54, 1.807) is 11.8 Å². The van der Waals surface area contributed by atoms with Gasteiger partial charge in [-0.3, -0.25) is 0 Å². The molecule has 0 saturated carbocycles. The molecule has 1 aromatic carbocycles. The molecule has 0 bridgehead atoms. The molecule has 0 aliphatic carbocycles. The average molecular weight is 357 g/mol. The summed E-state index contributed by atoms with van der Waals surface area (Å²) in [6.07, 6.45) is -2.55. The van der Waals surface area contributed by atoms with Crippen LogP contribution in [0.4, 0.5) is 19.0 Å². The Hall–Kier alpha value is -1.54. The van der Waals surface area contributed by atoms with Gasteiger partial charge in [-0.15, -0.1) is 11.8 Å². The van der Waals surface area contributed by atoms with Crippen molar-refractivity contribution in [2.24, 2.45) is 5.92 Å². The van der Waals surface area contributed by atoms with Crippen molar-refractivity contribution in [2.75, 3.05) is 24.2 Å². The summed E-state index contributed by atoms with van der Waals surface area (Å²) in [5, 5.41) is 10.4. The van der Waals surface area contributed by atoms with Crippen LogP contribution < -0.4 is 4.90 Å². The van der Waals surface area contributed by atoms with Crippen molar-refractivity contribution in [1.82, 2.24) is 9.97 Å². The molecular weight excluding hydrogens is 339 g/mol. The Labute approximate surface area is 142 Å². The fourth-order valence-electron chi connectivity index (χ4n) is 3.13. The Kier molecular flexibility index (Phi) is 4.87. The molecule has 2 aromatic rings. The number of aromatic nitrogens is 2. The molecular formula is C16H18F3N3OS. The zero-order chi connectivity index (χ0) is 17.3. The maximum absolute atomic E-state index is 12.8. The minimum Gasteiger partial charge on any atom is -0.383 e. The van der Waals surface area contributed by atoms with Gasteiger partial charge in [0.15, 0.2) is 6.10 Å². The Morgan fingerprint density at radius 1 is 1.33 bits per heavy atom. The van der Waals surface area contributed by atoms with Gasteiger partial charge in [0.1, 0.15) is 12.1 Å². The van der Waals surface area contributed by atoms with Gasteiger partial charge in [-0.2, -0.15) is 13.2 Å². The number of hydrogen-bond acceptors (Lipinski definition) is 5. The van der Waals surface area contributed by atoms with Gasteiger partial charge in [-0.05, 0) is 37.3 Å². The smallest absolute Gasteiger partial charge is 0.383 e. The van der Waals surface area contributed by atoms with Gasteiger partial charge >= 0.3 is 6.18 Å². The van der Waals surface area contributed by atoms with Gasteiger partial charge in [-0.1, -0.05) is 0 Å². The molecule has 1 fully saturated rings. The van der Waals surface area contributed by atoms with Crippen molar-refractivity contribution in [3.8, 4) is 0 Å². The SMILES string of the molecule is CSc1ccc2ncnc(N3CCCC(C(O)C(F)(F)F)C3)c2c1. The second-order valence-electron chi connectivity index (χ2n) is 5.92. The first kappa shape index (κ1) is 17.3. The fraction of sp³-hybridized carbons (Fsp3) is 0.500. The number of halogens is 3. The van der Waals surface area contributed by atoms with Gasteiger partial charge in [0.25, 0.3) is 0 Å².